The van der Waals surface area contributed by atoms with E-state index in [9.17, 15) is 0 Å². The van der Waals surface area contributed by atoms with Crippen LogP contribution in [0.25, 0.3) is 11.1 Å². The Hall–Kier alpha value is -1.95. The second kappa shape index (κ2) is 7.52. The van der Waals surface area contributed by atoms with Crippen molar-refractivity contribution in [2.24, 2.45) is 0 Å². The Bertz CT molecular complexity index is 746. The zero-order valence-electron chi connectivity index (χ0n) is 13.9. The molecule has 5 nitrogen and oxygen atoms in total. The van der Waals surface area contributed by atoms with E-state index in [0.717, 1.165) is 61.2 Å². The van der Waals surface area contributed by atoms with Crippen LogP contribution >= 0.6 is 11.6 Å². The van der Waals surface area contributed by atoms with Crippen LogP contribution in [0.3, 0.4) is 0 Å². The summed E-state index contributed by atoms with van der Waals surface area (Å²) in [7, 11) is 0. The number of halogens is 1. The second-order valence-electron chi connectivity index (χ2n) is 6.05. The molecule has 0 unspecified atom stereocenters. The third-order valence-electron chi connectivity index (χ3n) is 4.36. The van der Waals surface area contributed by atoms with Gasteiger partial charge in [-0.3, -0.25) is 4.90 Å². The summed E-state index contributed by atoms with van der Waals surface area (Å²) in [6.07, 6.45) is 0. The Balaban J connectivity index is 1.45. The molecule has 0 aromatic heterocycles. The molecule has 132 valence electrons. The van der Waals surface area contributed by atoms with Crippen molar-refractivity contribution in [3.05, 3.63) is 41.4 Å². The fourth-order valence-corrected chi connectivity index (χ4v) is 3.23. The first-order chi connectivity index (χ1) is 12.3. The summed E-state index contributed by atoms with van der Waals surface area (Å²) in [5.41, 5.74) is 2.01. The number of fused-ring (bicyclic) bond motifs is 1. The second-order valence-corrected chi connectivity index (χ2v) is 6.48. The van der Waals surface area contributed by atoms with Crippen LogP contribution < -0.4 is 14.2 Å². The van der Waals surface area contributed by atoms with Crippen molar-refractivity contribution in [3.8, 4) is 28.4 Å². The summed E-state index contributed by atoms with van der Waals surface area (Å²) in [5, 5.41) is 0.650. The van der Waals surface area contributed by atoms with Crippen molar-refractivity contribution in [2.45, 2.75) is 0 Å². The summed E-state index contributed by atoms with van der Waals surface area (Å²) in [6.45, 7) is 5.29. The van der Waals surface area contributed by atoms with E-state index in [1.165, 1.54) is 0 Å². The van der Waals surface area contributed by atoms with Gasteiger partial charge in [0.05, 0.1) is 13.2 Å². The lowest BCUT2D eigenvalue weighted by molar-refractivity contribution is 0.0322. The van der Waals surface area contributed by atoms with Crippen molar-refractivity contribution in [1.29, 1.82) is 0 Å². The lowest BCUT2D eigenvalue weighted by atomic mass is 10.0. The van der Waals surface area contributed by atoms with Crippen molar-refractivity contribution in [1.82, 2.24) is 4.90 Å². The first-order valence-corrected chi connectivity index (χ1v) is 8.79. The maximum Gasteiger partial charge on any atom is 0.231 e. The van der Waals surface area contributed by atoms with Crippen LogP contribution in [0.5, 0.6) is 17.2 Å². The quantitative estimate of drug-likeness (QED) is 0.815. The molecule has 2 aromatic carbocycles. The molecule has 6 heteroatoms. The summed E-state index contributed by atoms with van der Waals surface area (Å²) in [6, 6.07) is 11.6. The number of hydrogen-bond donors (Lipinski definition) is 0. The highest BCUT2D eigenvalue weighted by Gasteiger charge is 2.15. The molecular formula is C19H20ClNO4. The predicted molar refractivity (Wildman–Crippen MR) is 95.8 cm³/mol. The van der Waals surface area contributed by atoms with Crippen molar-refractivity contribution in [2.75, 3.05) is 46.2 Å². The van der Waals surface area contributed by atoms with Crippen LogP contribution in [0.2, 0.25) is 5.02 Å². The van der Waals surface area contributed by atoms with Gasteiger partial charge in [-0.2, -0.15) is 0 Å². The Morgan fingerprint density at radius 2 is 1.80 bits per heavy atom. The third-order valence-corrected chi connectivity index (χ3v) is 4.58. The van der Waals surface area contributed by atoms with E-state index in [-0.39, 0.29) is 6.79 Å². The average molecular weight is 362 g/mol. The Labute approximate surface area is 152 Å². The third kappa shape index (κ3) is 4.00. The Kier molecular flexibility index (Phi) is 4.97. The average Bonchev–Trinajstić information content (AvgIpc) is 3.10. The van der Waals surface area contributed by atoms with E-state index in [2.05, 4.69) is 4.90 Å². The van der Waals surface area contributed by atoms with Gasteiger partial charge in [0.2, 0.25) is 6.79 Å². The molecule has 0 amide bonds. The summed E-state index contributed by atoms with van der Waals surface area (Å²) in [5.74, 6) is 2.30. The van der Waals surface area contributed by atoms with Gasteiger partial charge in [0.25, 0.3) is 0 Å². The lowest BCUT2D eigenvalue weighted by Crippen LogP contribution is -2.38. The van der Waals surface area contributed by atoms with E-state index >= 15 is 0 Å². The molecule has 2 aliphatic heterocycles. The smallest absolute Gasteiger partial charge is 0.231 e. The summed E-state index contributed by atoms with van der Waals surface area (Å²) in [4.78, 5) is 2.34. The summed E-state index contributed by atoms with van der Waals surface area (Å²) < 4.78 is 22.1. The van der Waals surface area contributed by atoms with E-state index in [4.69, 9.17) is 30.5 Å². The normalized spacial score (nSPS) is 16.8. The van der Waals surface area contributed by atoms with Crippen LogP contribution in [0, 0.1) is 0 Å². The Morgan fingerprint density at radius 3 is 2.68 bits per heavy atom. The van der Waals surface area contributed by atoms with Gasteiger partial charge >= 0.3 is 0 Å². The molecule has 1 fully saturated rings. The number of hydrogen-bond acceptors (Lipinski definition) is 5. The number of morpholine rings is 1. The van der Waals surface area contributed by atoms with Gasteiger partial charge in [0, 0.05) is 24.7 Å². The number of rotatable bonds is 5. The molecule has 4 rings (SSSR count). The molecule has 0 N–H and O–H groups in total. The zero-order valence-corrected chi connectivity index (χ0v) is 14.6. The topological polar surface area (TPSA) is 40.2 Å². The van der Waals surface area contributed by atoms with Gasteiger partial charge in [0.15, 0.2) is 11.5 Å². The van der Waals surface area contributed by atoms with E-state index in [1.807, 2.05) is 36.4 Å². The van der Waals surface area contributed by atoms with Gasteiger partial charge in [-0.1, -0.05) is 17.7 Å². The minimum atomic E-state index is 0.268. The molecule has 2 heterocycles. The number of nitrogens with zero attached hydrogens (tertiary/aromatic N) is 1. The minimum absolute atomic E-state index is 0.268. The maximum atomic E-state index is 6.28. The molecule has 2 aliphatic rings. The van der Waals surface area contributed by atoms with Gasteiger partial charge in [-0.15, -0.1) is 0 Å². The van der Waals surface area contributed by atoms with Crippen LogP contribution in [0.15, 0.2) is 36.4 Å². The number of ether oxygens (including phenoxy) is 4. The van der Waals surface area contributed by atoms with Crippen LogP contribution in [0.1, 0.15) is 0 Å². The van der Waals surface area contributed by atoms with Crippen LogP contribution in [-0.2, 0) is 4.74 Å². The molecule has 1 saturated heterocycles. The van der Waals surface area contributed by atoms with E-state index < -0.39 is 0 Å². The molecule has 25 heavy (non-hydrogen) atoms. The van der Waals surface area contributed by atoms with Crippen molar-refractivity contribution >= 4 is 11.6 Å². The standard InChI is InChI=1S/C19H20ClNO4/c20-16-9-15(14-1-2-18-19(11-14)25-13-24-18)10-17(12-16)23-8-5-21-3-6-22-7-4-21/h1-2,9-12H,3-8,13H2. The van der Waals surface area contributed by atoms with Gasteiger partial charge in [-0.25, -0.2) is 0 Å². The fraction of sp³-hybridized carbons (Fsp3) is 0.368. The zero-order chi connectivity index (χ0) is 17.1. The predicted octanol–water partition coefficient (Wildman–Crippen LogP) is 3.45. The molecule has 0 radical (unpaired) electrons. The first kappa shape index (κ1) is 16.5. The lowest BCUT2D eigenvalue weighted by Gasteiger charge is -2.26. The largest absolute Gasteiger partial charge is 0.492 e. The van der Waals surface area contributed by atoms with Crippen LogP contribution in [-0.4, -0.2) is 51.1 Å². The van der Waals surface area contributed by atoms with Gasteiger partial charge in [-0.05, 0) is 41.5 Å². The SMILES string of the molecule is Clc1cc(OCCN2CCOCC2)cc(-c2ccc3c(c2)OCO3)c1. The Morgan fingerprint density at radius 1 is 0.960 bits per heavy atom. The molecule has 0 aliphatic carbocycles. The monoisotopic (exact) mass is 361 g/mol. The van der Waals surface area contributed by atoms with Crippen molar-refractivity contribution < 1.29 is 18.9 Å². The highest BCUT2D eigenvalue weighted by molar-refractivity contribution is 6.31. The molecule has 0 atom stereocenters. The fourth-order valence-electron chi connectivity index (χ4n) is 3.01. The van der Waals surface area contributed by atoms with Gasteiger partial charge in [0.1, 0.15) is 12.4 Å². The molecule has 2 aromatic rings. The first-order valence-electron chi connectivity index (χ1n) is 8.41. The molecular weight excluding hydrogens is 342 g/mol. The number of benzene rings is 2. The molecule has 0 bridgehead atoms. The maximum absolute atomic E-state index is 6.28. The molecule has 0 saturated carbocycles. The summed E-state index contributed by atoms with van der Waals surface area (Å²) >= 11 is 6.28. The van der Waals surface area contributed by atoms with Crippen LogP contribution in [0.4, 0.5) is 0 Å². The highest BCUT2D eigenvalue weighted by Crippen LogP contribution is 2.37. The van der Waals surface area contributed by atoms with E-state index in [1.54, 1.807) is 0 Å². The molecule has 0 spiro atoms. The van der Waals surface area contributed by atoms with Gasteiger partial charge < -0.3 is 18.9 Å². The minimum Gasteiger partial charge on any atom is -0.492 e. The van der Waals surface area contributed by atoms with E-state index in [0.29, 0.717) is 11.6 Å². The highest BCUT2D eigenvalue weighted by atomic mass is 35.5. The van der Waals surface area contributed by atoms with Crippen molar-refractivity contribution in [3.63, 3.8) is 0 Å².